The van der Waals surface area contributed by atoms with Crippen molar-refractivity contribution in [3.8, 4) is 5.75 Å². The highest BCUT2D eigenvalue weighted by Crippen LogP contribution is 2.44. The zero-order valence-corrected chi connectivity index (χ0v) is 23.9. The molecular formula is C29H43NO4S. The largest absolute Gasteiger partial charge is 0.493 e. The molecule has 0 aliphatic heterocycles. The van der Waals surface area contributed by atoms with E-state index < -0.39 is 11.5 Å². The molecule has 1 unspecified atom stereocenters. The molecule has 0 fully saturated rings. The fourth-order valence-corrected chi connectivity index (χ4v) is 5.48. The summed E-state index contributed by atoms with van der Waals surface area (Å²) in [6.45, 7) is 20.9. The number of benzene rings is 1. The van der Waals surface area contributed by atoms with Crippen LogP contribution in [0.25, 0.3) is 0 Å². The molecule has 2 aromatic rings. The summed E-state index contributed by atoms with van der Waals surface area (Å²) in [5, 5.41) is 12.1. The molecule has 6 heteroatoms. The van der Waals surface area contributed by atoms with Crippen LogP contribution in [0, 0.1) is 25.2 Å². The Hall–Kier alpha value is -2.34. The molecule has 0 aliphatic rings. The first-order chi connectivity index (χ1) is 16.1. The highest BCUT2D eigenvalue weighted by atomic mass is 32.1. The van der Waals surface area contributed by atoms with Crippen LogP contribution in [0.15, 0.2) is 24.3 Å². The van der Waals surface area contributed by atoms with Gasteiger partial charge >= 0.3 is 5.97 Å². The van der Waals surface area contributed by atoms with E-state index in [1.54, 1.807) is 0 Å². The van der Waals surface area contributed by atoms with E-state index in [0.717, 1.165) is 34.6 Å². The van der Waals surface area contributed by atoms with E-state index in [2.05, 4.69) is 78.0 Å². The number of amides is 1. The molecule has 2 N–H and O–H groups in total. The molecule has 194 valence electrons. The van der Waals surface area contributed by atoms with Crippen LogP contribution >= 0.6 is 11.3 Å². The van der Waals surface area contributed by atoms with Crippen molar-refractivity contribution in [1.29, 1.82) is 0 Å². The average Bonchev–Trinajstić information content (AvgIpc) is 3.15. The summed E-state index contributed by atoms with van der Waals surface area (Å²) in [6.07, 6.45) is 1.76. The van der Waals surface area contributed by atoms with E-state index >= 15 is 0 Å². The van der Waals surface area contributed by atoms with Gasteiger partial charge in [0.2, 0.25) is 0 Å². The maximum Gasteiger partial charge on any atom is 0.328 e. The van der Waals surface area contributed by atoms with Gasteiger partial charge in [0.05, 0.1) is 11.5 Å². The molecule has 35 heavy (non-hydrogen) atoms. The lowest BCUT2D eigenvalue weighted by Gasteiger charge is -2.32. The Morgan fingerprint density at radius 1 is 1.03 bits per heavy atom. The highest BCUT2D eigenvalue weighted by molar-refractivity contribution is 7.14. The maximum absolute atomic E-state index is 13.0. The molecule has 1 aromatic carbocycles. The summed E-state index contributed by atoms with van der Waals surface area (Å²) in [6, 6.07) is 8.53. The molecule has 5 nitrogen and oxygen atoms in total. The predicted molar refractivity (Wildman–Crippen MR) is 145 cm³/mol. The molecule has 0 aliphatic carbocycles. The Bertz CT molecular complexity index is 1060. The SMILES string of the molecule is CCC(CC)(c1ccc(OCC(C)C(C)(C)C)c(C)c1)c1cc(C)c(C(=O)NC(C)(C)C(=O)O)s1. The van der Waals surface area contributed by atoms with E-state index in [4.69, 9.17) is 4.74 Å². The van der Waals surface area contributed by atoms with Crippen molar-refractivity contribution in [2.45, 2.75) is 93.0 Å². The summed E-state index contributed by atoms with van der Waals surface area (Å²) >= 11 is 1.46. The van der Waals surface area contributed by atoms with E-state index in [1.165, 1.54) is 30.7 Å². The first-order valence-electron chi connectivity index (χ1n) is 12.5. The second-order valence-corrected chi connectivity index (χ2v) is 12.4. The number of thiophene rings is 1. The molecular weight excluding hydrogens is 458 g/mol. The average molecular weight is 502 g/mol. The molecule has 1 atom stereocenters. The third kappa shape index (κ3) is 6.27. The maximum atomic E-state index is 13.0. The normalized spacial score (nSPS) is 13.4. The number of ether oxygens (including phenoxy) is 1. The molecule has 0 bridgehead atoms. The van der Waals surface area contributed by atoms with Crippen molar-refractivity contribution in [1.82, 2.24) is 5.32 Å². The Morgan fingerprint density at radius 3 is 2.11 bits per heavy atom. The van der Waals surface area contributed by atoms with Crippen LogP contribution in [0.1, 0.15) is 99.5 Å². The number of aliphatic carboxylic acids is 1. The van der Waals surface area contributed by atoms with Crippen LogP contribution in [0.3, 0.4) is 0 Å². The third-order valence-electron chi connectivity index (χ3n) is 7.46. The Balaban J connectivity index is 2.39. The second kappa shape index (κ2) is 10.7. The van der Waals surface area contributed by atoms with Gasteiger partial charge in [-0.25, -0.2) is 4.79 Å². The standard InChI is InChI=1S/C29H43NO4S/c1-11-29(12-2,21-13-14-22(18(3)15-21)34-17-20(5)27(6,7)8)23-16-19(4)24(35-23)25(31)30-28(9,10)26(32)33/h13-16,20H,11-12,17H2,1-10H3,(H,30,31)(H,32,33). The molecule has 1 heterocycles. The van der Waals surface area contributed by atoms with Crippen LogP contribution in [0.5, 0.6) is 5.75 Å². The van der Waals surface area contributed by atoms with Gasteiger partial charge in [0.15, 0.2) is 0 Å². The molecule has 0 radical (unpaired) electrons. The third-order valence-corrected chi connectivity index (χ3v) is 8.90. The van der Waals surface area contributed by atoms with Crippen LogP contribution in [0.4, 0.5) is 0 Å². The monoisotopic (exact) mass is 501 g/mol. The number of aryl methyl sites for hydroxylation is 2. The zero-order chi connectivity index (χ0) is 26.8. The Morgan fingerprint density at radius 2 is 1.63 bits per heavy atom. The van der Waals surface area contributed by atoms with Gasteiger partial charge in [0.1, 0.15) is 11.3 Å². The minimum Gasteiger partial charge on any atom is -0.493 e. The Labute approximate surface area is 215 Å². The van der Waals surface area contributed by atoms with Gasteiger partial charge in [0.25, 0.3) is 5.91 Å². The quantitative estimate of drug-likeness (QED) is 0.363. The minimum atomic E-state index is -1.34. The molecule has 2 rings (SSSR count). The van der Waals surface area contributed by atoms with Crippen molar-refractivity contribution >= 4 is 23.2 Å². The number of hydrogen-bond donors (Lipinski definition) is 2. The molecule has 1 amide bonds. The first-order valence-corrected chi connectivity index (χ1v) is 13.3. The topological polar surface area (TPSA) is 75.6 Å². The van der Waals surface area contributed by atoms with Gasteiger partial charge in [-0.05, 0) is 80.7 Å². The fourth-order valence-electron chi connectivity index (χ4n) is 4.06. The first kappa shape index (κ1) is 28.9. The van der Waals surface area contributed by atoms with Crippen molar-refractivity contribution in [3.63, 3.8) is 0 Å². The van der Waals surface area contributed by atoms with Crippen LogP contribution < -0.4 is 10.1 Å². The molecule has 0 saturated carbocycles. The molecule has 0 saturated heterocycles. The summed E-state index contributed by atoms with van der Waals surface area (Å²) in [4.78, 5) is 26.1. The number of nitrogens with one attached hydrogen (secondary N) is 1. The number of carboxylic acid groups (broad SMARTS) is 1. The van der Waals surface area contributed by atoms with Crippen LogP contribution in [0.2, 0.25) is 0 Å². The predicted octanol–water partition coefficient (Wildman–Crippen LogP) is 7.13. The number of carboxylic acids is 1. The van der Waals surface area contributed by atoms with Crippen molar-refractivity contribution in [2.75, 3.05) is 6.61 Å². The smallest absolute Gasteiger partial charge is 0.328 e. The molecule has 1 aromatic heterocycles. The van der Waals surface area contributed by atoms with Crippen molar-refractivity contribution in [2.24, 2.45) is 11.3 Å². The second-order valence-electron chi connectivity index (χ2n) is 11.4. The highest BCUT2D eigenvalue weighted by Gasteiger charge is 2.36. The number of hydrogen-bond acceptors (Lipinski definition) is 4. The lowest BCUT2D eigenvalue weighted by atomic mass is 9.74. The van der Waals surface area contributed by atoms with Gasteiger partial charge in [0, 0.05) is 10.3 Å². The number of rotatable bonds is 10. The lowest BCUT2D eigenvalue weighted by Crippen LogP contribution is -2.49. The van der Waals surface area contributed by atoms with Crippen molar-refractivity contribution < 1.29 is 19.4 Å². The van der Waals surface area contributed by atoms with E-state index in [1.807, 2.05) is 6.92 Å². The van der Waals surface area contributed by atoms with Gasteiger partial charge in [-0.1, -0.05) is 53.7 Å². The van der Waals surface area contributed by atoms with Gasteiger partial charge < -0.3 is 15.2 Å². The van der Waals surface area contributed by atoms with Crippen molar-refractivity contribution in [3.05, 3.63) is 50.7 Å². The number of carbonyl (C=O) groups excluding carboxylic acids is 1. The van der Waals surface area contributed by atoms with Crippen LogP contribution in [-0.2, 0) is 10.2 Å². The summed E-state index contributed by atoms with van der Waals surface area (Å²) in [5.74, 6) is -0.0763. The number of carbonyl (C=O) groups is 2. The molecule has 0 spiro atoms. The zero-order valence-electron chi connectivity index (χ0n) is 23.1. The van der Waals surface area contributed by atoms with E-state index in [9.17, 15) is 14.7 Å². The fraction of sp³-hybridized carbons (Fsp3) is 0.586. The Kier molecular flexibility index (Phi) is 8.86. The van der Waals surface area contributed by atoms with E-state index in [-0.39, 0.29) is 16.7 Å². The van der Waals surface area contributed by atoms with Gasteiger partial charge in [-0.15, -0.1) is 11.3 Å². The van der Waals surface area contributed by atoms with Gasteiger partial charge in [-0.3, -0.25) is 4.79 Å². The summed E-state index contributed by atoms with van der Waals surface area (Å²) < 4.78 is 6.19. The minimum absolute atomic E-state index is 0.189. The van der Waals surface area contributed by atoms with Gasteiger partial charge in [-0.2, -0.15) is 0 Å². The summed E-state index contributed by atoms with van der Waals surface area (Å²) in [5.41, 5.74) is 1.78. The van der Waals surface area contributed by atoms with E-state index in [0.29, 0.717) is 17.4 Å². The van der Waals surface area contributed by atoms with Crippen LogP contribution in [-0.4, -0.2) is 29.1 Å². The lowest BCUT2D eigenvalue weighted by molar-refractivity contribution is -0.143. The summed E-state index contributed by atoms with van der Waals surface area (Å²) in [7, 11) is 0.